The molecular formula is C12H13F3O. The van der Waals surface area contributed by atoms with Crippen molar-refractivity contribution in [3.05, 3.63) is 41.0 Å². The minimum atomic E-state index is -4.31. The summed E-state index contributed by atoms with van der Waals surface area (Å²) < 4.78 is 37.7. The lowest BCUT2D eigenvalue weighted by Gasteiger charge is -2.11. The standard InChI is InChI=1S/C12H13F3O/c1-9-10(5-2-3-8-16)6-4-7-11(9)12(13,14)15/h2,4-7,16H,3,8H2,1H3. The number of rotatable bonds is 3. The molecular weight excluding hydrogens is 217 g/mol. The second-order valence-corrected chi connectivity index (χ2v) is 3.43. The van der Waals surface area contributed by atoms with Crippen molar-refractivity contribution in [2.45, 2.75) is 19.5 Å². The Kier molecular flexibility index (Phi) is 4.12. The average molecular weight is 230 g/mol. The third-order valence-electron chi connectivity index (χ3n) is 2.27. The lowest BCUT2D eigenvalue weighted by atomic mass is 10.0. The van der Waals surface area contributed by atoms with Crippen LogP contribution in [0.2, 0.25) is 0 Å². The fourth-order valence-corrected chi connectivity index (χ4v) is 1.43. The van der Waals surface area contributed by atoms with Gasteiger partial charge in [-0.25, -0.2) is 0 Å². The van der Waals surface area contributed by atoms with E-state index in [1.807, 2.05) is 0 Å². The maximum atomic E-state index is 12.6. The number of hydrogen-bond acceptors (Lipinski definition) is 1. The van der Waals surface area contributed by atoms with Gasteiger partial charge in [-0.2, -0.15) is 13.2 Å². The summed E-state index contributed by atoms with van der Waals surface area (Å²) in [7, 11) is 0. The first-order valence-corrected chi connectivity index (χ1v) is 4.91. The van der Waals surface area contributed by atoms with Crippen LogP contribution in [0, 0.1) is 6.92 Å². The fraction of sp³-hybridized carbons (Fsp3) is 0.333. The van der Waals surface area contributed by atoms with Crippen molar-refractivity contribution < 1.29 is 18.3 Å². The normalized spacial score (nSPS) is 12.3. The molecule has 0 unspecified atom stereocenters. The van der Waals surface area contributed by atoms with E-state index < -0.39 is 11.7 Å². The lowest BCUT2D eigenvalue weighted by molar-refractivity contribution is -0.138. The molecule has 0 saturated carbocycles. The summed E-state index contributed by atoms with van der Waals surface area (Å²) in [4.78, 5) is 0. The van der Waals surface area contributed by atoms with Gasteiger partial charge in [0.1, 0.15) is 0 Å². The fourth-order valence-electron chi connectivity index (χ4n) is 1.43. The third-order valence-corrected chi connectivity index (χ3v) is 2.27. The van der Waals surface area contributed by atoms with Crippen LogP contribution in [0.5, 0.6) is 0 Å². The summed E-state index contributed by atoms with van der Waals surface area (Å²) in [6.45, 7) is 1.44. The molecule has 16 heavy (non-hydrogen) atoms. The highest BCUT2D eigenvalue weighted by Gasteiger charge is 2.32. The highest BCUT2D eigenvalue weighted by atomic mass is 19.4. The van der Waals surface area contributed by atoms with Crippen LogP contribution >= 0.6 is 0 Å². The molecule has 4 heteroatoms. The molecule has 0 radical (unpaired) electrons. The molecule has 0 saturated heterocycles. The number of aliphatic hydroxyl groups is 1. The summed E-state index contributed by atoms with van der Waals surface area (Å²) >= 11 is 0. The zero-order valence-corrected chi connectivity index (χ0v) is 8.88. The van der Waals surface area contributed by atoms with Crippen molar-refractivity contribution >= 4 is 6.08 Å². The largest absolute Gasteiger partial charge is 0.416 e. The van der Waals surface area contributed by atoms with E-state index in [0.29, 0.717) is 12.0 Å². The molecule has 0 heterocycles. The summed E-state index contributed by atoms with van der Waals surface area (Å²) in [6.07, 6.45) is -0.621. The molecule has 0 aliphatic heterocycles. The summed E-state index contributed by atoms with van der Waals surface area (Å²) in [5, 5.41) is 8.57. The van der Waals surface area contributed by atoms with Crippen molar-refractivity contribution in [2.75, 3.05) is 6.61 Å². The smallest absolute Gasteiger partial charge is 0.396 e. The van der Waals surface area contributed by atoms with Crippen LogP contribution in [0.15, 0.2) is 24.3 Å². The Hall–Kier alpha value is -1.29. The van der Waals surface area contributed by atoms with Gasteiger partial charge in [0.2, 0.25) is 0 Å². The van der Waals surface area contributed by atoms with E-state index in [1.54, 1.807) is 18.2 Å². The Morgan fingerprint density at radius 2 is 2.00 bits per heavy atom. The first-order chi connectivity index (χ1) is 7.46. The molecule has 0 aliphatic rings. The van der Waals surface area contributed by atoms with Crippen LogP contribution in [-0.2, 0) is 6.18 Å². The van der Waals surface area contributed by atoms with E-state index in [9.17, 15) is 13.2 Å². The zero-order valence-electron chi connectivity index (χ0n) is 8.88. The number of hydrogen-bond donors (Lipinski definition) is 1. The topological polar surface area (TPSA) is 20.2 Å². The van der Waals surface area contributed by atoms with Gasteiger partial charge in [0.25, 0.3) is 0 Å². The van der Waals surface area contributed by atoms with E-state index in [0.717, 1.165) is 6.07 Å². The molecule has 0 amide bonds. The molecule has 0 fully saturated rings. The molecule has 1 aromatic carbocycles. The van der Waals surface area contributed by atoms with Gasteiger partial charge in [-0.3, -0.25) is 0 Å². The van der Waals surface area contributed by atoms with Crippen LogP contribution in [0.4, 0.5) is 13.2 Å². The molecule has 0 bridgehead atoms. The molecule has 0 aromatic heterocycles. The lowest BCUT2D eigenvalue weighted by Crippen LogP contribution is -2.07. The second-order valence-electron chi connectivity index (χ2n) is 3.43. The van der Waals surface area contributed by atoms with Gasteiger partial charge >= 0.3 is 6.18 Å². The molecule has 0 atom stereocenters. The Bertz CT molecular complexity index is 380. The first-order valence-electron chi connectivity index (χ1n) is 4.91. The van der Waals surface area contributed by atoms with E-state index in [1.165, 1.54) is 13.0 Å². The quantitative estimate of drug-likeness (QED) is 0.843. The van der Waals surface area contributed by atoms with Gasteiger partial charge in [-0.05, 0) is 30.5 Å². The predicted octanol–water partition coefficient (Wildman–Crippen LogP) is 3.41. The summed E-state index contributed by atoms with van der Waals surface area (Å²) in [6, 6.07) is 4.08. The first kappa shape index (κ1) is 12.8. The van der Waals surface area contributed by atoms with Crippen molar-refractivity contribution in [3.63, 3.8) is 0 Å². The number of aliphatic hydroxyl groups excluding tert-OH is 1. The number of alkyl halides is 3. The maximum absolute atomic E-state index is 12.6. The van der Waals surface area contributed by atoms with Gasteiger partial charge in [0, 0.05) is 6.61 Å². The monoisotopic (exact) mass is 230 g/mol. The van der Waals surface area contributed by atoms with Gasteiger partial charge in [0.05, 0.1) is 5.56 Å². The maximum Gasteiger partial charge on any atom is 0.416 e. The molecule has 1 N–H and O–H groups in total. The number of halogens is 3. The van der Waals surface area contributed by atoms with Crippen molar-refractivity contribution in [1.29, 1.82) is 0 Å². The van der Waals surface area contributed by atoms with Crippen molar-refractivity contribution in [1.82, 2.24) is 0 Å². The summed E-state index contributed by atoms with van der Waals surface area (Å²) in [5.74, 6) is 0. The highest BCUT2D eigenvalue weighted by Crippen LogP contribution is 2.33. The molecule has 0 spiro atoms. The van der Waals surface area contributed by atoms with E-state index in [4.69, 9.17) is 5.11 Å². The van der Waals surface area contributed by atoms with Crippen LogP contribution in [-0.4, -0.2) is 11.7 Å². The Labute approximate surface area is 92.2 Å². The van der Waals surface area contributed by atoms with Gasteiger partial charge < -0.3 is 5.11 Å². The van der Waals surface area contributed by atoms with Gasteiger partial charge in [-0.15, -0.1) is 0 Å². The van der Waals surface area contributed by atoms with Crippen LogP contribution in [0.1, 0.15) is 23.1 Å². The van der Waals surface area contributed by atoms with Crippen molar-refractivity contribution in [2.24, 2.45) is 0 Å². The van der Waals surface area contributed by atoms with Gasteiger partial charge in [-0.1, -0.05) is 24.3 Å². The van der Waals surface area contributed by atoms with Gasteiger partial charge in [0.15, 0.2) is 0 Å². The number of benzene rings is 1. The molecule has 0 aliphatic carbocycles. The van der Waals surface area contributed by atoms with E-state index >= 15 is 0 Å². The van der Waals surface area contributed by atoms with Crippen molar-refractivity contribution in [3.8, 4) is 0 Å². The third kappa shape index (κ3) is 3.10. The second kappa shape index (κ2) is 5.16. The van der Waals surface area contributed by atoms with E-state index in [-0.39, 0.29) is 12.2 Å². The SMILES string of the molecule is Cc1c(C=CCCO)cccc1C(F)(F)F. The molecule has 1 aromatic rings. The average Bonchev–Trinajstić information content (AvgIpc) is 2.19. The van der Waals surface area contributed by atoms with Crippen LogP contribution < -0.4 is 0 Å². The summed E-state index contributed by atoms with van der Waals surface area (Å²) in [5.41, 5.74) is 0.131. The zero-order chi connectivity index (χ0) is 12.2. The molecule has 88 valence electrons. The highest BCUT2D eigenvalue weighted by molar-refractivity contribution is 5.56. The predicted molar refractivity (Wildman–Crippen MR) is 56.9 cm³/mol. The van der Waals surface area contributed by atoms with E-state index in [2.05, 4.69) is 0 Å². The Balaban J connectivity index is 3.05. The van der Waals surface area contributed by atoms with Crippen LogP contribution in [0.3, 0.4) is 0 Å². The Morgan fingerprint density at radius 3 is 2.56 bits per heavy atom. The minimum absolute atomic E-state index is 0.00545. The minimum Gasteiger partial charge on any atom is -0.396 e. The Morgan fingerprint density at radius 1 is 1.31 bits per heavy atom. The molecule has 1 nitrogen and oxygen atoms in total. The van der Waals surface area contributed by atoms with Crippen LogP contribution in [0.25, 0.3) is 6.08 Å². The molecule has 1 rings (SSSR count).